The zero-order valence-corrected chi connectivity index (χ0v) is 14.0. The fourth-order valence-corrected chi connectivity index (χ4v) is 2.33. The molecule has 1 N–H and O–H groups in total. The van der Waals surface area contributed by atoms with E-state index in [-0.39, 0.29) is 18.1 Å². The van der Waals surface area contributed by atoms with Gasteiger partial charge in [-0.25, -0.2) is 4.39 Å². The van der Waals surface area contributed by atoms with Crippen molar-refractivity contribution in [3.63, 3.8) is 0 Å². The van der Waals surface area contributed by atoms with Crippen molar-refractivity contribution in [2.24, 2.45) is 0 Å². The van der Waals surface area contributed by atoms with Gasteiger partial charge >= 0.3 is 0 Å². The molecule has 0 aromatic heterocycles. The van der Waals surface area contributed by atoms with Crippen molar-refractivity contribution in [1.82, 2.24) is 0 Å². The van der Waals surface area contributed by atoms with Crippen LogP contribution in [0.2, 0.25) is 0 Å². The van der Waals surface area contributed by atoms with Crippen molar-refractivity contribution in [2.45, 2.75) is 26.7 Å². The molecule has 0 unspecified atom stereocenters. The van der Waals surface area contributed by atoms with Crippen LogP contribution in [0.15, 0.2) is 48.5 Å². The number of carbonyl (C=O) groups excluding carboxylic acids is 2. The molecular formula is C19H21FN2O2. The van der Waals surface area contributed by atoms with E-state index in [9.17, 15) is 14.0 Å². The van der Waals surface area contributed by atoms with E-state index in [1.165, 1.54) is 30.7 Å². The first-order valence-electron chi connectivity index (χ1n) is 7.81. The Bertz CT molecular complexity index is 726. The van der Waals surface area contributed by atoms with Crippen LogP contribution in [0.1, 0.15) is 32.3 Å². The molecule has 2 aromatic rings. The fraction of sp³-hybridized carbons (Fsp3) is 0.263. The molecular weight excluding hydrogens is 307 g/mol. The molecule has 0 bridgehead atoms. The van der Waals surface area contributed by atoms with Gasteiger partial charge in [0.1, 0.15) is 12.4 Å². The molecule has 0 heterocycles. The summed E-state index contributed by atoms with van der Waals surface area (Å²) in [5.74, 6) is -0.915. The topological polar surface area (TPSA) is 49.4 Å². The number of halogens is 1. The second kappa shape index (κ2) is 7.73. The maximum atomic E-state index is 13.9. The zero-order chi connectivity index (χ0) is 17.7. The third-order valence-electron chi connectivity index (χ3n) is 3.69. The summed E-state index contributed by atoms with van der Waals surface area (Å²) in [5.41, 5.74) is 1.90. The highest BCUT2D eigenvalue weighted by Crippen LogP contribution is 2.20. The average Bonchev–Trinajstić information content (AvgIpc) is 2.53. The number of anilines is 2. The molecule has 0 radical (unpaired) electrons. The van der Waals surface area contributed by atoms with Crippen LogP contribution in [0.25, 0.3) is 0 Å². The smallest absolute Gasteiger partial charge is 0.244 e. The number of nitrogens with one attached hydrogen (secondary N) is 1. The van der Waals surface area contributed by atoms with Crippen molar-refractivity contribution in [1.29, 1.82) is 0 Å². The molecule has 0 aliphatic carbocycles. The van der Waals surface area contributed by atoms with Gasteiger partial charge in [-0.2, -0.15) is 0 Å². The highest BCUT2D eigenvalue weighted by Gasteiger charge is 2.18. The summed E-state index contributed by atoms with van der Waals surface area (Å²) in [4.78, 5) is 25.1. The molecule has 2 aromatic carbocycles. The van der Waals surface area contributed by atoms with Crippen molar-refractivity contribution < 1.29 is 14.0 Å². The Morgan fingerprint density at radius 3 is 2.25 bits per heavy atom. The van der Waals surface area contributed by atoms with Crippen LogP contribution in [0.5, 0.6) is 0 Å². The monoisotopic (exact) mass is 328 g/mol. The molecule has 0 aliphatic rings. The van der Waals surface area contributed by atoms with E-state index in [2.05, 4.69) is 19.2 Å². The molecule has 2 rings (SSSR count). The first kappa shape index (κ1) is 17.7. The molecule has 0 atom stereocenters. The summed E-state index contributed by atoms with van der Waals surface area (Å²) in [6, 6.07) is 13.4. The van der Waals surface area contributed by atoms with Crippen LogP contribution in [0, 0.1) is 5.82 Å². The van der Waals surface area contributed by atoms with E-state index in [1.54, 1.807) is 6.07 Å². The molecule has 0 fully saturated rings. The number of hydrogen-bond acceptors (Lipinski definition) is 2. The first-order chi connectivity index (χ1) is 11.4. The Kier molecular flexibility index (Phi) is 5.68. The quantitative estimate of drug-likeness (QED) is 0.904. The molecule has 0 saturated carbocycles. The fourth-order valence-electron chi connectivity index (χ4n) is 2.33. The number of rotatable bonds is 5. The lowest BCUT2D eigenvalue weighted by Crippen LogP contribution is -2.37. The third kappa shape index (κ3) is 4.41. The average molecular weight is 328 g/mol. The highest BCUT2D eigenvalue weighted by molar-refractivity contribution is 6.01. The Labute approximate surface area is 141 Å². The summed E-state index contributed by atoms with van der Waals surface area (Å²) in [6.45, 7) is 5.23. The summed E-state index contributed by atoms with van der Waals surface area (Å²) in [5, 5.41) is 2.73. The van der Waals surface area contributed by atoms with Crippen LogP contribution in [0.3, 0.4) is 0 Å². The molecule has 24 heavy (non-hydrogen) atoms. The second-order valence-electron chi connectivity index (χ2n) is 5.88. The normalized spacial score (nSPS) is 10.5. The minimum atomic E-state index is -0.540. The molecule has 0 saturated heterocycles. The van der Waals surface area contributed by atoms with Crippen LogP contribution in [-0.2, 0) is 9.59 Å². The maximum absolute atomic E-state index is 13.9. The van der Waals surface area contributed by atoms with Crippen LogP contribution < -0.4 is 10.2 Å². The maximum Gasteiger partial charge on any atom is 0.244 e. The number of benzene rings is 2. The number of hydrogen-bond donors (Lipinski definition) is 1. The Hall–Kier alpha value is -2.69. The van der Waals surface area contributed by atoms with Gasteiger partial charge in [0, 0.05) is 12.6 Å². The molecule has 0 aliphatic heterocycles. The van der Waals surface area contributed by atoms with Gasteiger partial charge in [-0.1, -0.05) is 38.1 Å². The number of carbonyl (C=O) groups is 2. The third-order valence-corrected chi connectivity index (χ3v) is 3.69. The van der Waals surface area contributed by atoms with Gasteiger partial charge in [-0.05, 0) is 35.7 Å². The van der Waals surface area contributed by atoms with Crippen LogP contribution in [0.4, 0.5) is 15.8 Å². The van der Waals surface area contributed by atoms with Gasteiger partial charge < -0.3 is 10.2 Å². The van der Waals surface area contributed by atoms with E-state index in [0.717, 1.165) is 4.90 Å². The van der Waals surface area contributed by atoms with Gasteiger partial charge in [0.15, 0.2) is 0 Å². The van der Waals surface area contributed by atoms with Crippen molar-refractivity contribution in [3.8, 4) is 0 Å². The van der Waals surface area contributed by atoms with E-state index in [0.29, 0.717) is 11.6 Å². The molecule has 4 nitrogen and oxygen atoms in total. The summed E-state index contributed by atoms with van der Waals surface area (Å²) >= 11 is 0. The van der Waals surface area contributed by atoms with E-state index < -0.39 is 11.7 Å². The lowest BCUT2D eigenvalue weighted by molar-refractivity contribution is -0.120. The minimum absolute atomic E-state index is 0.0929. The second-order valence-corrected chi connectivity index (χ2v) is 5.88. The summed E-state index contributed by atoms with van der Waals surface area (Å²) < 4.78 is 13.9. The number of para-hydroxylation sites is 1. The Balaban J connectivity index is 2.09. The minimum Gasteiger partial charge on any atom is -0.325 e. The predicted molar refractivity (Wildman–Crippen MR) is 93.6 cm³/mol. The van der Waals surface area contributed by atoms with E-state index >= 15 is 0 Å². The number of amides is 2. The zero-order valence-electron chi connectivity index (χ0n) is 14.0. The van der Waals surface area contributed by atoms with Gasteiger partial charge in [0.05, 0.1) is 5.69 Å². The lowest BCUT2D eigenvalue weighted by atomic mass is 10.0. The van der Waals surface area contributed by atoms with Crippen LogP contribution in [-0.4, -0.2) is 18.4 Å². The molecule has 2 amide bonds. The van der Waals surface area contributed by atoms with Gasteiger partial charge in [-0.15, -0.1) is 0 Å². The molecule has 5 heteroatoms. The van der Waals surface area contributed by atoms with Gasteiger partial charge in [0.2, 0.25) is 11.8 Å². The Morgan fingerprint density at radius 1 is 1.08 bits per heavy atom. The standard InChI is InChI=1S/C19H21FN2O2/c1-13(2)15-8-10-16(11-9-15)21-19(24)12-22(14(3)23)18-7-5-4-6-17(18)20/h4-11,13H,12H2,1-3H3,(H,21,24). The van der Waals surface area contributed by atoms with Crippen LogP contribution >= 0.6 is 0 Å². The SMILES string of the molecule is CC(=O)N(CC(=O)Nc1ccc(C(C)C)cc1)c1ccccc1F. The largest absolute Gasteiger partial charge is 0.325 e. The van der Waals surface area contributed by atoms with Crippen molar-refractivity contribution in [3.05, 3.63) is 59.9 Å². The first-order valence-corrected chi connectivity index (χ1v) is 7.81. The molecule has 126 valence electrons. The summed E-state index contributed by atoms with van der Waals surface area (Å²) in [6.07, 6.45) is 0. The molecule has 0 spiro atoms. The summed E-state index contributed by atoms with van der Waals surface area (Å²) in [7, 11) is 0. The highest BCUT2D eigenvalue weighted by atomic mass is 19.1. The Morgan fingerprint density at radius 2 is 1.71 bits per heavy atom. The lowest BCUT2D eigenvalue weighted by Gasteiger charge is -2.21. The van der Waals surface area contributed by atoms with Gasteiger partial charge in [0.25, 0.3) is 0 Å². The predicted octanol–water partition coefficient (Wildman–Crippen LogP) is 3.94. The van der Waals surface area contributed by atoms with E-state index in [1.807, 2.05) is 24.3 Å². The van der Waals surface area contributed by atoms with Gasteiger partial charge in [-0.3, -0.25) is 9.59 Å². The van der Waals surface area contributed by atoms with Crippen molar-refractivity contribution in [2.75, 3.05) is 16.8 Å². The van der Waals surface area contributed by atoms with Crippen molar-refractivity contribution >= 4 is 23.2 Å². The van der Waals surface area contributed by atoms with E-state index in [4.69, 9.17) is 0 Å². The number of nitrogens with zero attached hydrogens (tertiary/aromatic N) is 1.